The van der Waals surface area contributed by atoms with Crippen molar-refractivity contribution in [2.24, 2.45) is 5.10 Å². The lowest BCUT2D eigenvalue weighted by Crippen LogP contribution is -2.25. The van der Waals surface area contributed by atoms with Crippen LogP contribution in [0.1, 0.15) is 23.9 Å². The number of rotatable bonds is 5. The standard InChI is InChI=1S/C25H20FN7O/c1-16(30-31-25(34)29-19-7-3-2-4-8-19)22-9-10-24-28-15-20(33(24)32-22)13-18-12-17-6-5-11-27-23(17)14-21(18)26/h2-12,14-15H,13H2,1H3,(H2,29,31,34)/b30-16+. The number of aromatic nitrogens is 4. The molecule has 0 atom stereocenters. The topological polar surface area (TPSA) is 96.6 Å². The van der Waals surface area contributed by atoms with Crippen molar-refractivity contribution in [2.75, 3.05) is 5.32 Å². The van der Waals surface area contributed by atoms with Gasteiger partial charge in [-0.2, -0.15) is 10.2 Å². The van der Waals surface area contributed by atoms with E-state index in [0.29, 0.717) is 40.2 Å². The first kappa shape index (κ1) is 21.2. The van der Waals surface area contributed by atoms with Gasteiger partial charge in [-0.1, -0.05) is 24.3 Å². The lowest BCUT2D eigenvalue weighted by Gasteiger charge is -2.07. The van der Waals surface area contributed by atoms with E-state index in [1.807, 2.05) is 30.3 Å². The zero-order valence-electron chi connectivity index (χ0n) is 18.2. The number of hydrazone groups is 1. The molecule has 34 heavy (non-hydrogen) atoms. The molecule has 0 aliphatic rings. The molecule has 5 rings (SSSR count). The van der Waals surface area contributed by atoms with Crippen LogP contribution in [0.15, 0.2) is 84.2 Å². The number of hydrogen-bond acceptors (Lipinski definition) is 5. The summed E-state index contributed by atoms with van der Waals surface area (Å²) in [6.07, 6.45) is 3.63. The number of fused-ring (bicyclic) bond motifs is 2. The number of anilines is 1. The molecule has 3 aromatic heterocycles. The Morgan fingerprint density at radius 1 is 1.06 bits per heavy atom. The van der Waals surface area contributed by atoms with Gasteiger partial charge in [0.25, 0.3) is 0 Å². The van der Waals surface area contributed by atoms with Crippen LogP contribution in [0.25, 0.3) is 16.6 Å². The van der Waals surface area contributed by atoms with E-state index in [-0.39, 0.29) is 5.82 Å². The Labute approximate surface area is 194 Å². The fraction of sp³-hybridized carbons (Fsp3) is 0.0800. The molecule has 2 N–H and O–H groups in total. The molecule has 2 aromatic carbocycles. The zero-order valence-corrected chi connectivity index (χ0v) is 18.2. The van der Waals surface area contributed by atoms with E-state index in [4.69, 9.17) is 0 Å². The molecule has 0 saturated carbocycles. The highest BCUT2D eigenvalue weighted by molar-refractivity contribution is 5.98. The van der Waals surface area contributed by atoms with Crippen molar-refractivity contribution in [3.8, 4) is 0 Å². The molecule has 0 bridgehead atoms. The molecule has 3 heterocycles. The second-order valence-corrected chi connectivity index (χ2v) is 7.68. The van der Waals surface area contributed by atoms with Crippen LogP contribution in [0.5, 0.6) is 0 Å². The van der Waals surface area contributed by atoms with Crippen LogP contribution in [0, 0.1) is 5.82 Å². The van der Waals surface area contributed by atoms with Gasteiger partial charge in [-0.15, -0.1) is 0 Å². The number of nitrogens with one attached hydrogen (secondary N) is 2. The quantitative estimate of drug-likeness (QED) is 0.301. The van der Waals surface area contributed by atoms with Crippen LogP contribution in [0.3, 0.4) is 0 Å². The average molecular weight is 453 g/mol. The van der Waals surface area contributed by atoms with E-state index in [1.54, 1.807) is 54.2 Å². The number of pyridine rings is 1. The summed E-state index contributed by atoms with van der Waals surface area (Å²) in [5.74, 6) is -0.330. The maximum absolute atomic E-state index is 14.7. The molecule has 0 radical (unpaired) electrons. The number of benzene rings is 2. The lowest BCUT2D eigenvalue weighted by molar-refractivity contribution is 0.252. The van der Waals surface area contributed by atoms with Gasteiger partial charge in [0, 0.05) is 29.8 Å². The Hall–Kier alpha value is -4.66. The average Bonchev–Trinajstić information content (AvgIpc) is 3.25. The number of urea groups is 1. The monoisotopic (exact) mass is 453 g/mol. The number of carbonyl (C=O) groups is 1. The van der Waals surface area contributed by atoms with Crippen LogP contribution >= 0.6 is 0 Å². The van der Waals surface area contributed by atoms with Gasteiger partial charge in [-0.25, -0.2) is 24.1 Å². The summed E-state index contributed by atoms with van der Waals surface area (Å²) in [7, 11) is 0. The number of imidazole rings is 1. The highest BCUT2D eigenvalue weighted by Crippen LogP contribution is 2.20. The van der Waals surface area contributed by atoms with E-state index < -0.39 is 6.03 Å². The minimum absolute atomic E-state index is 0.308. The molecule has 0 spiro atoms. The maximum Gasteiger partial charge on any atom is 0.339 e. The molecule has 0 unspecified atom stereocenters. The number of amides is 2. The third-order valence-corrected chi connectivity index (χ3v) is 5.30. The Kier molecular flexibility index (Phi) is 5.65. The zero-order chi connectivity index (χ0) is 23.5. The fourth-order valence-corrected chi connectivity index (χ4v) is 3.58. The molecule has 0 saturated heterocycles. The van der Waals surface area contributed by atoms with Crippen molar-refractivity contribution in [3.05, 3.63) is 102 Å². The van der Waals surface area contributed by atoms with Crippen LogP contribution in [0.4, 0.5) is 14.9 Å². The number of halogens is 1. The normalized spacial score (nSPS) is 11.6. The maximum atomic E-state index is 14.7. The molecule has 2 amide bonds. The fourth-order valence-electron chi connectivity index (χ4n) is 3.58. The summed E-state index contributed by atoms with van der Waals surface area (Å²) in [4.78, 5) is 20.7. The molecule has 0 fully saturated rings. The smallest absolute Gasteiger partial charge is 0.307 e. The van der Waals surface area contributed by atoms with Crippen molar-refractivity contribution in [1.29, 1.82) is 0 Å². The molecular formula is C25H20FN7O. The van der Waals surface area contributed by atoms with Gasteiger partial charge in [0.15, 0.2) is 5.65 Å². The minimum Gasteiger partial charge on any atom is -0.307 e. The molecule has 5 aromatic rings. The summed E-state index contributed by atoms with van der Waals surface area (Å²) >= 11 is 0. The van der Waals surface area contributed by atoms with E-state index in [0.717, 1.165) is 11.1 Å². The van der Waals surface area contributed by atoms with E-state index in [1.165, 1.54) is 6.07 Å². The Morgan fingerprint density at radius 3 is 2.76 bits per heavy atom. The van der Waals surface area contributed by atoms with Crippen LogP contribution in [-0.4, -0.2) is 31.3 Å². The number of carbonyl (C=O) groups excluding carboxylic acids is 1. The Morgan fingerprint density at radius 2 is 1.91 bits per heavy atom. The number of nitrogens with zero attached hydrogens (tertiary/aromatic N) is 5. The highest BCUT2D eigenvalue weighted by atomic mass is 19.1. The number of para-hydroxylation sites is 1. The number of hydrogen-bond donors (Lipinski definition) is 2. The van der Waals surface area contributed by atoms with Gasteiger partial charge < -0.3 is 5.32 Å². The first-order chi connectivity index (χ1) is 16.6. The predicted molar refractivity (Wildman–Crippen MR) is 128 cm³/mol. The second-order valence-electron chi connectivity index (χ2n) is 7.68. The van der Waals surface area contributed by atoms with Crippen molar-refractivity contribution in [1.82, 2.24) is 25.0 Å². The first-order valence-electron chi connectivity index (χ1n) is 10.6. The van der Waals surface area contributed by atoms with Gasteiger partial charge in [-0.05, 0) is 48.9 Å². The van der Waals surface area contributed by atoms with Crippen LogP contribution in [-0.2, 0) is 6.42 Å². The molecule has 8 nitrogen and oxygen atoms in total. The first-order valence-corrected chi connectivity index (χ1v) is 10.6. The van der Waals surface area contributed by atoms with Crippen molar-refractivity contribution < 1.29 is 9.18 Å². The molecule has 9 heteroatoms. The van der Waals surface area contributed by atoms with Gasteiger partial charge in [-0.3, -0.25) is 4.98 Å². The molecule has 0 aliphatic carbocycles. The predicted octanol–water partition coefficient (Wildman–Crippen LogP) is 4.55. The summed E-state index contributed by atoms with van der Waals surface area (Å²) in [5, 5.41) is 12.3. The summed E-state index contributed by atoms with van der Waals surface area (Å²) < 4.78 is 16.4. The second kappa shape index (κ2) is 9.07. The Balaban J connectivity index is 1.37. The third-order valence-electron chi connectivity index (χ3n) is 5.30. The van der Waals surface area contributed by atoms with Crippen molar-refractivity contribution in [2.45, 2.75) is 13.3 Å². The van der Waals surface area contributed by atoms with E-state index >= 15 is 0 Å². The highest BCUT2D eigenvalue weighted by Gasteiger charge is 2.12. The summed E-state index contributed by atoms with van der Waals surface area (Å²) in [5.41, 5.74) is 6.67. The third kappa shape index (κ3) is 4.44. The molecular weight excluding hydrogens is 433 g/mol. The summed E-state index contributed by atoms with van der Waals surface area (Å²) in [6, 6.07) is 19.1. The van der Waals surface area contributed by atoms with Crippen LogP contribution < -0.4 is 10.7 Å². The van der Waals surface area contributed by atoms with Gasteiger partial charge in [0.2, 0.25) is 0 Å². The van der Waals surface area contributed by atoms with Gasteiger partial charge >= 0.3 is 6.03 Å². The van der Waals surface area contributed by atoms with Crippen molar-refractivity contribution >= 4 is 34.0 Å². The lowest BCUT2D eigenvalue weighted by atomic mass is 10.1. The summed E-state index contributed by atoms with van der Waals surface area (Å²) in [6.45, 7) is 1.74. The van der Waals surface area contributed by atoms with Gasteiger partial charge in [0.1, 0.15) is 11.5 Å². The molecule has 168 valence electrons. The van der Waals surface area contributed by atoms with E-state index in [2.05, 4.69) is 30.9 Å². The SMILES string of the molecule is C/C(=N\NC(=O)Nc1ccccc1)c1ccc2ncc(Cc3cc4cccnc4cc3F)n2n1. The largest absolute Gasteiger partial charge is 0.339 e. The van der Waals surface area contributed by atoms with Crippen molar-refractivity contribution in [3.63, 3.8) is 0 Å². The van der Waals surface area contributed by atoms with Crippen LogP contribution in [0.2, 0.25) is 0 Å². The van der Waals surface area contributed by atoms with Gasteiger partial charge in [0.05, 0.1) is 23.1 Å². The Bertz CT molecular complexity index is 1530. The van der Waals surface area contributed by atoms with E-state index in [9.17, 15) is 9.18 Å². The molecule has 0 aliphatic heterocycles. The minimum atomic E-state index is -0.462.